The molecular weight excluding hydrogens is 446 g/mol. The lowest BCUT2D eigenvalue weighted by atomic mass is 10.1. The summed E-state index contributed by atoms with van der Waals surface area (Å²) < 4.78 is 20.3. The number of ether oxygens (including phenoxy) is 4. The van der Waals surface area contributed by atoms with Gasteiger partial charge in [-0.25, -0.2) is 4.79 Å². The second kappa shape index (κ2) is 12.1. The molecule has 10 heteroatoms. The van der Waals surface area contributed by atoms with E-state index in [2.05, 4.69) is 5.32 Å². The van der Waals surface area contributed by atoms with Gasteiger partial charge in [0.15, 0.2) is 11.5 Å². The summed E-state index contributed by atoms with van der Waals surface area (Å²) in [6.45, 7) is 5.07. The molecule has 0 saturated heterocycles. The summed E-state index contributed by atoms with van der Waals surface area (Å²) in [5, 5.41) is 2.59. The predicted molar refractivity (Wildman–Crippen MR) is 118 cm³/mol. The molecule has 0 radical (unpaired) electrons. The zero-order valence-electron chi connectivity index (χ0n) is 19.2. The van der Waals surface area contributed by atoms with E-state index in [4.69, 9.17) is 18.9 Å². The summed E-state index contributed by atoms with van der Waals surface area (Å²) in [5.41, 5.74) is 0.665. The average molecular weight is 471 g/mol. The highest BCUT2D eigenvalue weighted by Gasteiger charge is 2.26. The van der Waals surface area contributed by atoms with Crippen LogP contribution in [0.1, 0.15) is 43.6 Å². The number of rotatable bonds is 9. The Labute approximate surface area is 196 Å². The fourth-order valence-electron chi connectivity index (χ4n) is 2.94. The quantitative estimate of drug-likeness (QED) is 0.432. The van der Waals surface area contributed by atoms with E-state index in [-0.39, 0.29) is 35.8 Å². The van der Waals surface area contributed by atoms with Gasteiger partial charge in [0.2, 0.25) is 5.75 Å². The van der Waals surface area contributed by atoms with Crippen LogP contribution in [0.2, 0.25) is 0 Å². The Kier molecular flexibility index (Phi) is 9.30. The minimum atomic E-state index is -1.03. The van der Waals surface area contributed by atoms with Crippen molar-refractivity contribution in [1.82, 2.24) is 5.32 Å². The molecule has 1 amide bonds. The van der Waals surface area contributed by atoms with E-state index in [0.29, 0.717) is 0 Å². The molecule has 2 aromatic rings. The van der Waals surface area contributed by atoms with Crippen LogP contribution in [-0.2, 0) is 30.3 Å². The fourth-order valence-corrected chi connectivity index (χ4v) is 2.94. The van der Waals surface area contributed by atoms with Crippen molar-refractivity contribution in [2.45, 2.75) is 40.2 Å². The summed E-state index contributed by atoms with van der Waals surface area (Å²) in [5.74, 6) is -4.68. The molecule has 1 atom stereocenters. The zero-order valence-corrected chi connectivity index (χ0v) is 19.2. The second-order valence-corrected chi connectivity index (χ2v) is 7.05. The van der Waals surface area contributed by atoms with Crippen LogP contribution in [0.15, 0.2) is 42.5 Å². The van der Waals surface area contributed by atoms with Crippen LogP contribution in [0.3, 0.4) is 0 Å². The SMILES string of the molecule is CCOC(=O)[C@H](Cc1ccccc1)NC(=O)c1cc(OC(C)=O)c(OC(C)=O)c(OC(C)=O)c1. The van der Waals surface area contributed by atoms with Gasteiger partial charge in [0, 0.05) is 32.8 Å². The molecule has 2 aromatic carbocycles. The molecule has 0 aliphatic heterocycles. The van der Waals surface area contributed by atoms with Crippen LogP contribution < -0.4 is 19.5 Å². The third-order valence-electron chi connectivity index (χ3n) is 4.20. The lowest BCUT2D eigenvalue weighted by molar-refractivity contribution is -0.145. The first-order valence-corrected chi connectivity index (χ1v) is 10.3. The van der Waals surface area contributed by atoms with Crippen LogP contribution in [-0.4, -0.2) is 42.4 Å². The molecule has 0 bridgehead atoms. The summed E-state index contributed by atoms with van der Waals surface area (Å²) >= 11 is 0. The van der Waals surface area contributed by atoms with Gasteiger partial charge in [-0.15, -0.1) is 0 Å². The highest BCUT2D eigenvalue weighted by molar-refractivity contribution is 5.98. The Hall–Kier alpha value is -4.21. The normalized spacial score (nSPS) is 11.1. The van der Waals surface area contributed by atoms with Gasteiger partial charge in [-0.3, -0.25) is 19.2 Å². The third-order valence-corrected chi connectivity index (χ3v) is 4.20. The Bertz CT molecular complexity index is 1040. The number of carbonyl (C=O) groups excluding carboxylic acids is 5. The largest absolute Gasteiger partial charge is 0.464 e. The molecule has 0 aromatic heterocycles. The van der Waals surface area contributed by atoms with E-state index in [1.54, 1.807) is 31.2 Å². The maximum Gasteiger partial charge on any atom is 0.328 e. The van der Waals surface area contributed by atoms with Gasteiger partial charge >= 0.3 is 23.9 Å². The van der Waals surface area contributed by atoms with Gasteiger partial charge in [0.05, 0.1) is 6.61 Å². The smallest absolute Gasteiger partial charge is 0.328 e. The summed E-state index contributed by atoms with van der Waals surface area (Å²) in [7, 11) is 0. The van der Waals surface area contributed by atoms with Gasteiger partial charge in [0.25, 0.3) is 5.91 Å². The number of nitrogens with one attached hydrogen (secondary N) is 1. The predicted octanol–water partition coefficient (Wildman–Crippen LogP) is 2.37. The van der Waals surface area contributed by atoms with Gasteiger partial charge in [-0.05, 0) is 24.6 Å². The molecule has 0 saturated carbocycles. The van der Waals surface area contributed by atoms with Crippen molar-refractivity contribution in [3.63, 3.8) is 0 Å². The number of amides is 1. The van der Waals surface area contributed by atoms with Crippen molar-refractivity contribution in [3.05, 3.63) is 53.6 Å². The molecule has 0 spiro atoms. The summed E-state index contributed by atoms with van der Waals surface area (Å²) in [4.78, 5) is 60.2. The van der Waals surface area contributed by atoms with Crippen LogP contribution in [0, 0.1) is 0 Å². The fraction of sp³-hybridized carbons (Fsp3) is 0.292. The third kappa shape index (κ3) is 7.73. The van der Waals surface area contributed by atoms with Crippen molar-refractivity contribution < 1.29 is 42.9 Å². The molecule has 10 nitrogen and oxygen atoms in total. The monoisotopic (exact) mass is 471 g/mol. The van der Waals surface area contributed by atoms with E-state index in [0.717, 1.165) is 38.5 Å². The van der Waals surface area contributed by atoms with E-state index in [1.165, 1.54) is 0 Å². The first-order chi connectivity index (χ1) is 16.1. The standard InChI is InChI=1S/C24H25NO9/c1-5-31-24(30)19(11-17-9-7-6-8-10-17)25-23(29)18-12-20(32-14(2)26)22(34-16(4)28)21(13-18)33-15(3)27/h6-10,12-13,19H,5,11H2,1-4H3,(H,25,29)/t19-/m0/s1. The Morgan fingerprint density at radius 1 is 0.824 bits per heavy atom. The van der Waals surface area contributed by atoms with E-state index in [1.807, 2.05) is 6.07 Å². The number of hydrogen-bond acceptors (Lipinski definition) is 9. The van der Waals surface area contributed by atoms with Crippen molar-refractivity contribution in [3.8, 4) is 17.2 Å². The topological polar surface area (TPSA) is 134 Å². The average Bonchev–Trinajstić information content (AvgIpc) is 2.75. The maximum absolute atomic E-state index is 13.1. The van der Waals surface area contributed by atoms with Gasteiger partial charge < -0.3 is 24.3 Å². The second-order valence-electron chi connectivity index (χ2n) is 7.05. The molecule has 0 unspecified atom stereocenters. The highest BCUT2D eigenvalue weighted by atomic mass is 16.6. The molecule has 0 aliphatic rings. The molecule has 180 valence electrons. The lowest BCUT2D eigenvalue weighted by Gasteiger charge is -2.19. The lowest BCUT2D eigenvalue weighted by Crippen LogP contribution is -2.43. The zero-order chi connectivity index (χ0) is 25.3. The van der Waals surface area contributed by atoms with Crippen molar-refractivity contribution >= 4 is 29.8 Å². The first kappa shape index (κ1) is 26.0. The number of carbonyl (C=O) groups is 5. The Morgan fingerprint density at radius 2 is 1.35 bits per heavy atom. The molecule has 34 heavy (non-hydrogen) atoms. The van der Waals surface area contributed by atoms with Crippen molar-refractivity contribution in [2.24, 2.45) is 0 Å². The van der Waals surface area contributed by atoms with Crippen LogP contribution in [0.25, 0.3) is 0 Å². The van der Waals surface area contributed by atoms with E-state index < -0.39 is 35.8 Å². The Morgan fingerprint density at radius 3 is 1.82 bits per heavy atom. The number of esters is 4. The van der Waals surface area contributed by atoms with Crippen molar-refractivity contribution in [2.75, 3.05) is 6.61 Å². The molecule has 0 fully saturated rings. The minimum Gasteiger partial charge on any atom is -0.464 e. The maximum atomic E-state index is 13.1. The minimum absolute atomic E-state index is 0.115. The van der Waals surface area contributed by atoms with Crippen LogP contribution >= 0.6 is 0 Å². The van der Waals surface area contributed by atoms with Crippen molar-refractivity contribution in [1.29, 1.82) is 0 Å². The van der Waals surface area contributed by atoms with E-state index in [9.17, 15) is 24.0 Å². The molecule has 0 aliphatic carbocycles. The van der Waals surface area contributed by atoms with Gasteiger partial charge in [0.1, 0.15) is 6.04 Å². The number of hydrogen-bond donors (Lipinski definition) is 1. The summed E-state index contributed by atoms with van der Waals surface area (Å²) in [6, 6.07) is 10.2. The molecule has 1 N–H and O–H groups in total. The Balaban J connectivity index is 2.46. The first-order valence-electron chi connectivity index (χ1n) is 10.3. The van der Waals surface area contributed by atoms with Crippen LogP contribution in [0.5, 0.6) is 17.2 Å². The van der Waals surface area contributed by atoms with Gasteiger partial charge in [-0.1, -0.05) is 30.3 Å². The van der Waals surface area contributed by atoms with E-state index >= 15 is 0 Å². The molecule has 2 rings (SSSR count). The summed E-state index contributed by atoms with van der Waals surface area (Å²) in [6.07, 6.45) is 0.157. The van der Waals surface area contributed by atoms with Crippen LogP contribution in [0.4, 0.5) is 0 Å². The molecular formula is C24H25NO9. The molecule has 0 heterocycles. The number of benzene rings is 2. The highest BCUT2D eigenvalue weighted by Crippen LogP contribution is 2.39. The van der Waals surface area contributed by atoms with Gasteiger partial charge in [-0.2, -0.15) is 0 Å².